The van der Waals surface area contributed by atoms with Crippen LogP contribution in [0.2, 0.25) is 0 Å². The van der Waals surface area contributed by atoms with E-state index in [0.717, 1.165) is 37.6 Å². The van der Waals surface area contributed by atoms with E-state index in [0.29, 0.717) is 19.7 Å². The first-order valence-corrected chi connectivity index (χ1v) is 7.08. The van der Waals surface area contributed by atoms with Gasteiger partial charge in [0.05, 0.1) is 25.9 Å². The number of aliphatic hydroxyl groups is 1. The van der Waals surface area contributed by atoms with E-state index in [1.165, 1.54) is 0 Å². The molecule has 1 aromatic carbocycles. The van der Waals surface area contributed by atoms with Crippen LogP contribution in [0.15, 0.2) is 24.3 Å². The number of nitrogens with one attached hydrogen (secondary N) is 1. The first-order valence-electron chi connectivity index (χ1n) is 7.08. The van der Waals surface area contributed by atoms with E-state index in [4.69, 9.17) is 9.47 Å². The fraction of sp³-hybridized carbons (Fsp3) is 0.600. The number of β-amino-alcohol motifs (C(OH)–C–C–N with tert-alkyl or cyclic N) is 1. The van der Waals surface area contributed by atoms with Crippen LogP contribution < -0.4 is 5.32 Å². The van der Waals surface area contributed by atoms with Gasteiger partial charge in [-0.15, -0.1) is 0 Å². The maximum Gasteiger partial charge on any atom is 0.0839 e. The molecule has 0 radical (unpaired) electrons. The average Bonchev–Trinajstić information content (AvgIpc) is 2.48. The molecule has 0 aliphatic carbocycles. The molecular weight excluding hydrogens is 256 g/mol. The molecule has 1 atom stereocenters. The highest BCUT2D eigenvalue weighted by Crippen LogP contribution is 2.15. The van der Waals surface area contributed by atoms with Crippen molar-refractivity contribution in [3.05, 3.63) is 29.8 Å². The minimum atomic E-state index is -0.385. The number of rotatable bonds is 7. The fourth-order valence-corrected chi connectivity index (χ4v) is 2.35. The Morgan fingerprint density at radius 2 is 2.10 bits per heavy atom. The monoisotopic (exact) mass is 280 g/mol. The van der Waals surface area contributed by atoms with Crippen molar-refractivity contribution in [3.63, 3.8) is 0 Å². The third kappa shape index (κ3) is 4.76. The molecule has 5 heteroatoms. The summed E-state index contributed by atoms with van der Waals surface area (Å²) >= 11 is 0. The van der Waals surface area contributed by atoms with Gasteiger partial charge >= 0.3 is 0 Å². The second-order valence-electron chi connectivity index (χ2n) is 5.04. The zero-order valence-corrected chi connectivity index (χ0v) is 12.0. The molecule has 0 saturated carbocycles. The van der Waals surface area contributed by atoms with Gasteiger partial charge in [-0.05, 0) is 6.07 Å². The zero-order chi connectivity index (χ0) is 14.2. The van der Waals surface area contributed by atoms with Crippen LogP contribution in [-0.2, 0) is 16.1 Å². The van der Waals surface area contributed by atoms with Crippen molar-refractivity contribution in [3.8, 4) is 0 Å². The molecule has 112 valence electrons. The van der Waals surface area contributed by atoms with Gasteiger partial charge in [0.25, 0.3) is 0 Å². The summed E-state index contributed by atoms with van der Waals surface area (Å²) in [4.78, 5) is 2.23. The standard InChI is InChI=1S/C15H24N2O3/c1-19-12-13-4-2-3-5-15(13)16-10-14(18)11-17-6-8-20-9-7-17/h2-5,14,16,18H,6-12H2,1H3. The highest BCUT2D eigenvalue weighted by molar-refractivity contribution is 5.50. The SMILES string of the molecule is COCc1ccccc1NCC(O)CN1CCOCC1. The van der Waals surface area contributed by atoms with Crippen molar-refractivity contribution >= 4 is 5.69 Å². The van der Waals surface area contributed by atoms with E-state index >= 15 is 0 Å². The van der Waals surface area contributed by atoms with Gasteiger partial charge in [0, 0.05) is 44.5 Å². The number of benzene rings is 1. The number of hydrogen-bond acceptors (Lipinski definition) is 5. The van der Waals surface area contributed by atoms with Crippen LogP contribution in [0, 0.1) is 0 Å². The summed E-state index contributed by atoms with van der Waals surface area (Å²) in [5.41, 5.74) is 2.13. The Morgan fingerprint density at radius 1 is 1.35 bits per heavy atom. The molecule has 2 N–H and O–H groups in total. The Morgan fingerprint density at radius 3 is 2.85 bits per heavy atom. The quantitative estimate of drug-likeness (QED) is 0.778. The van der Waals surface area contributed by atoms with E-state index in [1.807, 2.05) is 24.3 Å². The molecule has 0 aromatic heterocycles. The second kappa shape index (κ2) is 8.21. The van der Waals surface area contributed by atoms with E-state index < -0.39 is 0 Å². The van der Waals surface area contributed by atoms with E-state index in [1.54, 1.807) is 7.11 Å². The van der Waals surface area contributed by atoms with Crippen LogP contribution in [-0.4, -0.2) is 62.6 Å². The lowest BCUT2D eigenvalue weighted by Crippen LogP contribution is -2.42. The van der Waals surface area contributed by atoms with Gasteiger partial charge in [0.15, 0.2) is 0 Å². The number of aliphatic hydroxyl groups excluding tert-OH is 1. The van der Waals surface area contributed by atoms with Crippen molar-refractivity contribution in [1.82, 2.24) is 4.90 Å². The van der Waals surface area contributed by atoms with Crippen LogP contribution in [0.1, 0.15) is 5.56 Å². The maximum absolute atomic E-state index is 10.1. The van der Waals surface area contributed by atoms with Gasteiger partial charge in [0.2, 0.25) is 0 Å². The Kier molecular flexibility index (Phi) is 6.26. The minimum absolute atomic E-state index is 0.385. The molecule has 1 fully saturated rings. The maximum atomic E-state index is 10.1. The van der Waals surface area contributed by atoms with Gasteiger partial charge in [-0.2, -0.15) is 0 Å². The molecule has 5 nitrogen and oxygen atoms in total. The van der Waals surface area contributed by atoms with Crippen molar-refractivity contribution in [2.75, 3.05) is 51.8 Å². The van der Waals surface area contributed by atoms with E-state index in [2.05, 4.69) is 10.2 Å². The van der Waals surface area contributed by atoms with Crippen LogP contribution in [0.25, 0.3) is 0 Å². The van der Waals surface area contributed by atoms with Gasteiger partial charge in [-0.3, -0.25) is 4.90 Å². The van der Waals surface area contributed by atoms with Crippen LogP contribution >= 0.6 is 0 Å². The Hall–Kier alpha value is -1.14. The summed E-state index contributed by atoms with van der Waals surface area (Å²) in [6.07, 6.45) is -0.385. The average molecular weight is 280 g/mol. The first-order chi connectivity index (χ1) is 9.79. The molecule has 1 saturated heterocycles. The third-order valence-corrected chi connectivity index (χ3v) is 3.42. The molecule has 0 amide bonds. The molecule has 2 rings (SSSR count). The summed E-state index contributed by atoms with van der Waals surface area (Å²) in [6, 6.07) is 8.01. The number of anilines is 1. The molecule has 20 heavy (non-hydrogen) atoms. The number of para-hydroxylation sites is 1. The predicted molar refractivity (Wildman–Crippen MR) is 78.9 cm³/mol. The van der Waals surface area contributed by atoms with Gasteiger partial charge in [-0.25, -0.2) is 0 Å². The summed E-state index contributed by atoms with van der Waals surface area (Å²) in [5, 5.41) is 13.4. The van der Waals surface area contributed by atoms with Crippen molar-refractivity contribution in [2.45, 2.75) is 12.7 Å². The number of hydrogen-bond donors (Lipinski definition) is 2. The van der Waals surface area contributed by atoms with Crippen LogP contribution in [0.4, 0.5) is 5.69 Å². The Balaban J connectivity index is 1.78. The molecule has 0 spiro atoms. The summed E-state index contributed by atoms with van der Waals surface area (Å²) in [5.74, 6) is 0. The molecule has 1 unspecified atom stereocenters. The van der Waals surface area contributed by atoms with Gasteiger partial charge in [-0.1, -0.05) is 18.2 Å². The predicted octanol–water partition coefficient (Wildman–Crippen LogP) is 0.938. The molecule has 1 aliphatic heterocycles. The van der Waals surface area contributed by atoms with Gasteiger partial charge < -0.3 is 19.9 Å². The zero-order valence-electron chi connectivity index (χ0n) is 12.0. The van der Waals surface area contributed by atoms with Crippen molar-refractivity contribution in [1.29, 1.82) is 0 Å². The lowest BCUT2D eigenvalue weighted by Gasteiger charge is -2.28. The van der Waals surface area contributed by atoms with Gasteiger partial charge in [0.1, 0.15) is 0 Å². The van der Waals surface area contributed by atoms with Crippen molar-refractivity contribution in [2.24, 2.45) is 0 Å². The van der Waals surface area contributed by atoms with Crippen molar-refractivity contribution < 1.29 is 14.6 Å². The topological polar surface area (TPSA) is 54.0 Å². The number of methoxy groups -OCH3 is 1. The second-order valence-corrected chi connectivity index (χ2v) is 5.04. The normalized spacial score (nSPS) is 17.9. The third-order valence-electron chi connectivity index (χ3n) is 3.42. The summed E-state index contributed by atoms with van der Waals surface area (Å²) in [6.45, 7) is 5.12. The minimum Gasteiger partial charge on any atom is -0.390 e. The Bertz CT molecular complexity index is 394. The summed E-state index contributed by atoms with van der Waals surface area (Å²) < 4.78 is 10.5. The Labute approximate surface area is 120 Å². The lowest BCUT2D eigenvalue weighted by atomic mass is 10.2. The highest BCUT2D eigenvalue weighted by atomic mass is 16.5. The fourth-order valence-electron chi connectivity index (χ4n) is 2.35. The molecule has 1 heterocycles. The first kappa shape index (κ1) is 15.3. The highest BCUT2D eigenvalue weighted by Gasteiger charge is 2.14. The lowest BCUT2D eigenvalue weighted by molar-refractivity contribution is 0.0171. The molecule has 1 aromatic rings. The molecular formula is C15H24N2O3. The smallest absolute Gasteiger partial charge is 0.0839 e. The molecule has 1 aliphatic rings. The number of ether oxygens (including phenoxy) is 2. The van der Waals surface area contributed by atoms with E-state index in [-0.39, 0.29) is 6.10 Å². The van der Waals surface area contributed by atoms with E-state index in [9.17, 15) is 5.11 Å². The van der Waals surface area contributed by atoms with Crippen LogP contribution in [0.5, 0.6) is 0 Å². The molecule has 0 bridgehead atoms. The summed E-state index contributed by atoms with van der Waals surface area (Å²) in [7, 11) is 1.68. The number of morpholine rings is 1. The number of nitrogens with zero attached hydrogens (tertiary/aromatic N) is 1. The largest absolute Gasteiger partial charge is 0.390 e. The van der Waals surface area contributed by atoms with Crippen LogP contribution in [0.3, 0.4) is 0 Å².